The Bertz CT molecular complexity index is 1380. The molecule has 1 aliphatic heterocycles. The Balaban J connectivity index is 1.83. The molecule has 0 saturated carbocycles. The van der Waals surface area contributed by atoms with Gasteiger partial charge in [0.1, 0.15) is 11.3 Å². The summed E-state index contributed by atoms with van der Waals surface area (Å²) >= 11 is 0. The first-order chi connectivity index (χ1) is 13.7. The highest BCUT2D eigenvalue weighted by molar-refractivity contribution is 6.21. The van der Waals surface area contributed by atoms with Crippen LogP contribution in [0.3, 0.4) is 0 Å². The topological polar surface area (TPSA) is 35.3 Å². The van der Waals surface area contributed by atoms with Crippen molar-refractivity contribution >= 4 is 32.6 Å². The molecule has 3 heteroatoms. The van der Waals surface area contributed by atoms with Crippen molar-refractivity contribution in [2.45, 2.75) is 19.8 Å². The molecule has 6 rings (SSSR count). The van der Waals surface area contributed by atoms with Gasteiger partial charge in [0.25, 0.3) is 0 Å². The fourth-order valence-corrected chi connectivity index (χ4v) is 4.48. The van der Waals surface area contributed by atoms with E-state index < -0.39 is 0 Å². The van der Waals surface area contributed by atoms with Crippen LogP contribution in [0.25, 0.3) is 44.1 Å². The number of fused-ring (bicyclic) bond motifs is 8. The molecule has 0 aliphatic carbocycles. The maximum Gasteiger partial charge on any atom is 0.227 e. The van der Waals surface area contributed by atoms with Crippen LogP contribution in [0.2, 0.25) is 0 Å². The van der Waals surface area contributed by atoms with Crippen molar-refractivity contribution in [1.29, 1.82) is 0 Å². The lowest BCUT2D eigenvalue weighted by Crippen LogP contribution is -1.93. The lowest BCUT2D eigenvalue weighted by atomic mass is 9.93. The number of aryl methyl sites for hydroxylation is 1. The first-order valence-corrected chi connectivity index (χ1v) is 9.69. The molecule has 0 amide bonds. The maximum atomic E-state index is 6.36. The standard InChI is InChI=1S/C25H19NO2/c1-14-7-6-10-18-17(14)11-12-19-21(18)22-24(20-15(2)13-27-23(19)20)28-25(26-22)16-8-4-3-5-9-16/h3-12,15H,13H2,1-2H3/t15-/m0/s1. The fourth-order valence-electron chi connectivity index (χ4n) is 4.48. The van der Waals surface area contributed by atoms with Crippen LogP contribution in [0.4, 0.5) is 0 Å². The highest BCUT2D eigenvalue weighted by atomic mass is 16.5. The molecule has 2 heterocycles. The zero-order chi connectivity index (χ0) is 18.8. The zero-order valence-electron chi connectivity index (χ0n) is 15.8. The molecule has 0 saturated heterocycles. The third-order valence-electron chi connectivity index (χ3n) is 5.87. The summed E-state index contributed by atoms with van der Waals surface area (Å²) in [6.45, 7) is 5.01. The summed E-state index contributed by atoms with van der Waals surface area (Å²) in [5, 5.41) is 4.68. The van der Waals surface area contributed by atoms with Crippen LogP contribution in [0, 0.1) is 6.92 Å². The van der Waals surface area contributed by atoms with E-state index in [0.29, 0.717) is 12.5 Å². The second kappa shape index (κ2) is 5.59. The zero-order valence-corrected chi connectivity index (χ0v) is 15.8. The Morgan fingerprint density at radius 1 is 0.893 bits per heavy atom. The Labute approximate surface area is 162 Å². The second-order valence-electron chi connectivity index (χ2n) is 7.68. The van der Waals surface area contributed by atoms with Crippen LogP contribution in [-0.2, 0) is 0 Å². The van der Waals surface area contributed by atoms with Gasteiger partial charge < -0.3 is 9.15 Å². The number of hydrogen-bond acceptors (Lipinski definition) is 3. The number of ether oxygens (including phenoxy) is 1. The number of oxazole rings is 1. The summed E-state index contributed by atoms with van der Waals surface area (Å²) in [7, 11) is 0. The number of aromatic nitrogens is 1. The van der Waals surface area contributed by atoms with Gasteiger partial charge in [0, 0.05) is 27.8 Å². The van der Waals surface area contributed by atoms with E-state index in [0.717, 1.165) is 38.7 Å². The van der Waals surface area contributed by atoms with E-state index in [4.69, 9.17) is 14.1 Å². The third-order valence-corrected chi connectivity index (χ3v) is 5.87. The predicted molar refractivity (Wildman–Crippen MR) is 113 cm³/mol. The summed E-state index contributed by atoms with van der Waals surface area (Å²) in [4.78, 5) is 4.98. The van der Waals surface area contributed by atoms with Gasteiger partial charge in [0.2, 0.25) is 5.89 Å². The van der Waals surface area contributed by atoms with Gasteiger partial charge in [-0.1, -0.05) is 49.4 Å². The number of nitrogens with zero attached hydrogens (tertiary/aromatic N) is 1. The molecule has 136 valence electrons. The van der Waals surface area contributed by atoms with Gasteiger partial charge >= 0.3 is 0 Å². The van der Waals surface area contributed by atoms with Crippen molar-refractivity contribution < 1.29 is 9.15 Å². The lowest BCUT2D eigenvalue weighted by molar-refractivity contribution is 0.340. The fraction of sp³-hybridized carbons (Fsp3) is 0.160. The minimum atomic E-state index is 0.284. The van der Waals surface area contributed by atoms with E-state index in [-0.39, 0.29) is 5.92 Å². The summed E-state index contributed by atoms with van der Waals surface area (Å²) < 4.78 is 12.5. The van der Waals surface area contributed by atoms with E-state index in [2.05, 4.69) is 44.2 Å². The molecular formula is C25H19NO2. The minimum Gasteiger partial charge on any atom is -0.492 e. The van der Waals surface area contributed by atoms with E-state index in [9.17, 15) is 0 Å². The molecule has 0 bridgehead atoms. The number of rotatable bonds is 1. The predicted octanol–water partition coefficient (Wildman–Crippen LogP) is 6.61. The molecular weight excluding hydrogens is 346 g/mol. The van der Waals surface area contributed by atoms with Crippen LogP contribution in [0.5, 0.6) is 5.75 Å². The van der Waals surface area contributed by atoms with Gasteiger partial charge in [-0.15, -0.1) is 0 Å². The van der Waals surface area contributed by atoms with E-state index in [1.54, 1.807) is 0 Å². The first kappa shape index (κ1) is 15.7. The van der Waals surface area contributed by atoms with Gasteiger partial charge in [0.05, 0.1) is 6.61 Å². The molecule has 5 aromatic rings. The monoisotopic (exact) mass is 365 g/mol. The first-order valence-electron chi connectivity index (χ1n) is 9.69. The normalized spacial score (nSPS) is 16.0. The molecule has 4 aromatic carbocycles. The molecule has 0 radical (unpaired) electrons. The Morgan fingerprint density at radius 3 is 2.57 bits per heavy atom. The maximum absolute atomic E-state index is 6.36. The van der Waals surface area contributed by atoms with E-state index >= 15 is 0 Å². The molecule has 0 fully saturated rings. The Hall–Kier alpha value is -3.33. The smallest absolute Gasteiger partial charge is 0.227 e. The summed E-state index contributed by atoms with van der Waals surface area (Å²) in [6, 6.07) is 20.9. The average molecular weight is 365 g/mol. The molecule has 0 N–H and O–H groups in total. The largest absolute Gasteiger partial charge is 0.492 e. The molecule has 1 atom stereocenters. The summed E-state index contributed by atoms with van der Waals surface area (Å²) in [5.74, 6) is 1.90. The van der Waals surface area contributed by atoms with Crippen molar-refractivity contribution in [2.75, 3.05) is 6.61 Å². The molecule has 1 aliphatic rings. The number of hydrogen-bond donors (Lipinski definition) is 0. The van der Waals surface area contributed by atoms with Gasteiger partial charge in [-0.3, -0.25) is 0 Å². The molecule has 0 unspecified atom stereocenters. The van der Waals surface area contributed by atoms with Gasteiger partial charge in [-0.25, -0.2) is 4.98 Å². The molecule has 1 aromatic heterocycles. The Kier molecular flexibility index (Phi) is 3.13. The van der Waals surface area contributed by atoms with Crippen LogP contribution in [0.1, 0.15) is 24.0 Å². The highest BCUT2D eigenvalue weighted by Crippen LogP contribution is 2.48. The molecule has 0 spiro atoms. The van der Waals surface area contributed by atoms with Gasteiger partial charge in [-0.05, 0) is 41.5 Å². The van der Waals surface area contributed by atoms with Crippen LogP contribution in [-0.4, -0.2) is 11.6 Å². The van der Waals surface area contributed by atoms with Crippen molar-refractivity contribution in [1.82, 2.24) is 4.98 Å². The van der Waals surface area contributed by atoms with E-state index in [1.807, 2.05) is 30.3 Å². The SMILES string of the molecule is Cc1cccc2c1ccc1c3c(c4oc(-c5ccccc5)nc4c12)[C@@H](C)CO3. The minimum absolute atomic E-state index is 0.284. The van der Waals surface area contributed by atoms with Crippen LogP contribution < -0.4 is 4.74 Å². The van der Waals surface area contributed by atoms with Gasteiger partial charge in [0.15, 0.2) is 5.58 Å². The van der Waals surface area contributed by atoms with Crippen molar-refractivity contribution in [3.63, 3.8) is 0 Å². The molecule has 28 heavy (non-hydrogen) atoms. The van der Waals surface area contributed by atoms with E-state index in [1.165, 1.54) is 16.3 Å². The summed E-state index contributed by atoms with van der Waals surface area (Å²) in [5.41, 5.74) is 5.18. The molecule has 3 nitrogen and oxygen atoms in total. The average Bonchev–Trinajstić information content (AvgIpc) is 3.32. The van der Waals surface area contributed by atoms with Crippen molar-refractivity contribution in [3.8, 4) is 17.2 Å². The Morgan fingerprint density at radius 2 is 1.71 bits per heavy atom. The number of benzene rings is 4. The van der Waals surface area contributed by atoms with Crippen molar-refractivity contribution in [3.05, 3.63) is 71.8 Å². The second-order valence-corrected chi connectivity index (χ2v) is 7.68. The highest BCUT2D eigenvalue weighted by Gasteiger charge is 2.30. The van der Waals surface area contributed by atoms with Gasteiger partial charge in [-0.2, -0.15) is 0 Å². The van der Waals surface area contributed by atoms with Crippen LogP contribution >= 0.6 is 0 Å². The third kappa shape index (κ3) is 2.02. The van der Waals surface area contributed by atoms with Crippen LogP contribution in [0.15, 0.2) is 65.1 Å². The quantitative estimate of drug-likeness (QED) is 0.314. The van der Waals surface area contributed by atoms with Crippen molar-refractivity contribution in [2.24, 2.45) is 0 Å². The summed E-state index contributed by atoms with van der Waals surface area (Å²) in [6.07, 6.45) is 0. The lowest BCUT2D eigenvalue weighted by Gasteiger charge is -2.11.